The summed E-state index contributed by atoms with van der Waals surface area (Å²) in [5.41, 5.74) is 1.49. The highest BCUT2D eigenvalue weighted by Gasteiger charge is 2.24. The minimum absolute atomic E-state index is 0.0443. The number of anilines is 1. The van der Waals surface area contributed by atoms with Gasteiger partial charge in [0.15, 0.2) is 0 Å². The van der Waals surface area contributed by atoms with Crippen LogP contribution in [-0.4, -0.2) is 36.1 Å². The van der Waals surface area contributed by atoms with E-state index in [2.05, 4.69) is 5.32 Å². The molecule has 1 atom stereocenters. The van der Waals surface area contributed by atoms with E-state index < -0.39 is 6.10 Å². The van der Waals surface area contributed by atoms with Crippen LogP contribution in [0.3, 0.4) is 0 Å². The van der Waals surface area contributed by atoms with Crippen LogP contribution in [0.15, 0.2) is 18.2 Å². The van der Waals surface area contributed by atoms with E-state index in [1.807, 2.05) is 13.8 Å². The number of benzene rings is 1. The van der Waals surface area contributed by atoms with Gasteiger partial charge in [0, 0.05) is 31.6 Å². The first-order valence-electron chi connectivity index (χ1n) is 8.42. The summed E-state index contributed by atoms with van der Waals surface area (Å²) >= 11 is 0. The van der Waals surface area contributed by atoms with Crippen molar-refractivity contribution in [2.24, 2.45) is 5.92 Å². The highest BCUT2D eigenvalue weighted by Crippen LogP contribution is 2.28. The molecule has 0 saturated carbocycles. The number of aliphatic hydroxyl groups is 1. The number of hydrogen-bond acceptors (Lipinski definition) is 3. The highest BCUT2D eigenvalue weighted by atomic mass is 19.1. The predicted molar refractivity (Wildman–Crippen MR) is 90.2 cm³/mol. The number of carbonyl (C=O) groups excluding carboxylic acids is 2. The van der Waals surface area contributed by atoms with Crippen LogP contribution >= 0.6 is 0 Å². The monoisotopic (exact) mass is 336 g/mol. The van der Waals surface area contributed by atoms with Gasteiger partial charge < -0.3 is 15.3 Å². The molecule has 0 radical (unpaired) electrons. The third-order valence-electron chi connectivity index (χ3n) is 4.34. The normalized spacial score (nSPS) is 15.4. The number of nitrogens with one attached hydrogen (secondary N) is 1. The van der Waals surface area contributed by atoms with Crippen molar-refractivity contribution in [2.45, 2.75) is 45.6 Å². The molecule has 24 heavy (non-hydrogen) atoms. The summed E-state index contributed by atoms with van der Waals surface area (Å²) in [7, 11) is 0. The van der Waals surface area contributed by atoms with Gasteiger partial charge in [0.05, 0.1) is 6.10 Å². The van der Waals surface area contributed by atoms with Gasteiger partial charge in [-0.1, -0.05) is 13.8 Å². The third kappa shape index (κ3) is 4.77. The molecule has 1 aromatic carbocycles. The lowest BCUT2D eigenvalue weighted by molar-refractivity contribution is -0.121. The number of amides is 2. The van der Waals surface area contributed by atoms with E-state index in [9.17, 15) is 19.1 Å². The molecule has 1 aliphatic heterocycles. The molecule has 0 aromatic heterocycles. The van der Waals surface area contributed by atoms with Crippen molar-refractivity contribution in [1.29, 1.82) is 0 Å². The molecular weight excluding hydrogens is 311 g/mol. The van der Waals surface area contributed by atoms with Gasteiger partial charge in [0.2, 0.25) is 11.8 Å². The molecule has 0 saturated heterocycles. The number of nitrogens with zero attached hydrogens (tertiary/aromatic N) is 1. The summed E-state index contributed by atoms with van der Waals surface area (Å²) in [5.74, 6) is -0.362. The summed E-state index contributed by atoms with van der Waals surface area (Å²) in [6.45, 7) is 4.54. The number of carbonyl (C=O) groups is 2. The molecule has 0 fully saturated rings. The summed E-state index contributed by atoms with van der Waals surface area (Å²) in [5, 5.41) is 12.5. The molecular formula is C18H25FN2O3. The summed E-state index contributed by atoms with van der Waals surface area (Å²) < 4.78 is 13.3. The van der Waals surface area contributed by atoms with Gasteiger partial charge in [-0.3, -0.25) is 9.59 Å². The van der Waals surface area contributed by atoms with Gasteiger partial charge in [-0.05, 0) is 42.5 Å². The van der Waals surface area contributed by atoms with Crippen LogP contribution < -0.4 is 10.2 Å². The molecule has 2 amide bonds. The zero-order chi connectivity index (χ0) is 17.7. The lowest BCUT2D eigenvalue weighted by atomic mass is 10.0. The lowest BCUT2D eigenvalue weighted by Gasteiger charge is -2.29. The fourth-order valence-electron chi connectivity index (χ4n) is 2.77. The molecule has 1 aromatic rings. The molecule has 1 heterocycles. The van der Waals surface area contributed by atoms with Crippen molar-refractivity contribution in [1.82, 2.24) is 5.32 Å². The standard InChI is InChI=1S/C18H25FN2O3/c1-12(2)16(22)7-9-20-17(23)8-10-21-15-5-4-14(19)11-13(15)3-6-18(21)24/h4-5,11-12,16,22H,3,6-10H2,1-2H3,(H,20,23). The van der Waals surface area contributed by atoms with E-state index in [4.69, 9.17) is 0 Å². The highest BCUT2D eigenvalue weighted by molar-refractivity contribution is 5.97. The number of aliphatic hydroxyl groups excluding tert-OH is 1. The molecule has 0 bridgehead atoms. The number of fused-ring (bicyclic) bond motifs is 1. The smallest absolute Gasteiger partial charge is 0.227 e. The first-order chi connectivity index (χ1) is 11.4. The quantitative estimate of drug-likeness (QED) is 0.800. The van der Waals surface area contributed by atoms with E-state index >= 15 is 0 Å². The number of rotatable bonds is 7. The Balaban J connectivity index is 1.85. The molecule has 132 valence electrons. The number of hydrogen-bond donors (Lipinski definition) is 2. The maximum absolute atomic E-state index is 13.3. The van der Waals surface area contributed by atoms with Crippen LogP contribution in [0.2, 0.25) is 0 Å². The topological polar surface area (TPSA) is 69.6 Å². The van der Waals surface area contributed by atoms with Gasteiger partial charge in [0.1, 0.15) is 5.82 Å². The second-order valence-corrected chi connectivity index (χ2v) is 6.52. The largest absolute Gasteiger partial charge is 0.393 e. The molecule has 2 N–H and O–H groups in total. The van der Waals surface area contributed by atoms with Crippen LogP contribution in [0.4, 0.5) is 10.1 Å². The first kappa shape index (κ1) is 18.4. The van der Waals surface area contributed by atoms with Crippen molar-refractivity contribution < 1.29 is 19.1 Å². The molecule has 1 unspecified atom stereocenters. The second kappa shape index (κ2) is 8.24. The minimum atomic E-state index is -0.434. The van der Waals surface area contributed by atoms with E-state index in [-0.39, 0.29) is 36.5 Å². The van der Waals surface area contributed by atoms with Crippen LogP contribution in [0.25, 0.3) is 0 Å². The zero-order valence-corrected chi connectivity index (χ0v) is 14.2. The Labute approximate surface area is 141 Å². The van der Waals surface area contributed by atoms with Crippen molar-refractivity contribution in [3.63, 3.8) is 0 Å². The molecule has 0 spiro atoms. The zero-order valence-electron chi connectivity index (χ0n) is 14.2. The average molecular weight is 336 g/mol. The predicted octanol–water partition coefficient (Wildman–Crippen LogP) is 2.02. The second-order valence-electron chi connectivity index (χ2n) is 6.52. The van der Waals surface area contributed by atoms with Crippen molar-refractivity contribution in [3.05, 3.63) is 29.6 Å². The minimum Gasteiger partial charge on any atom is -0.393 e. The van der Waals surface area contributed by atoms with E-state index in [0.29, 0.717) is 31.5 Å². The summed E-state index contributed by atoms with van der Waals surface area (Å²) in [6.07, 6.45) is 1.12. The first-order valence-corrected chi connectivity index (χ1v) is 8.42. The fourth-order valence-corrected chi connectivity index (χ4v) is 2.77. The maximum atomic E-state index is 13.3. The van der Waals surface area contributed by atoms with Crippen LogP contribution in [0.5, 0.6) is 0 Å². The Kier molecular flexibility index (Phi) is 6.31. The van der Waals surface area contributed by atoms with Gasteiger partial charge >= 0.3 is 0 Å². The Morgan fingerprint density at radius 2 is 2.12 bits per heavy atom. The Hall–Kier alpha value is -1.95. The van der Waals surface area contributed by atoms with Crippen molar-refractivity contribution in [2.75, 3.05) is 18.0 Å². The van der Waals surface area contributed by atoms with Crippen LogP contribution in [0.1, 0.15) is 38.7 Å². The van der Waals surface area contributed by atoms with Gasteiger partial charge in [0.25, 0.3) is 0 Å². The van der Waals surface area contributed by atoms with E-state index in [1.54, 1.807) is 11.0 Å². The van der Waals surface area contributed by atoms with Crippen LogP contribution in [-0.2, 0) is 16.0 Å². The Bertz CT molecular complexity index is 604. The summed E-state index contributed by atoms with van der Waals surface area (Å²) in [6, 6.07) is 4.37. The molecule has 6 heteroatoms. The van der Waals surface area contributed by atoms with E-state index in [0.717, 1.165) is 5.56 Å². The average Bonchev–Trinajstić information content (AvgIpc) is 2.53. The SMILES string of the molecule is CC(C)C(O)CCNC(=O)CCN1C(=O)CCc2cc(F)ccc21. The molecule has 0 aliphatic carbocycles. The van der Waals surface area contributed by atoms with Crippen molar-refractivity contribution in [3.8, 4) is 0 Å². The molecule has 1 aliphatic rings. The Morgan fingerprint density at radius 1 is 1.38 bits per heavy atom. The van der Waals surface area contributed by atoms with Crippen LogP contribution in [0, 0.1) is 11.7 Å². The maximum Gasteiger partial charge on any atom is 0.227 e. The van der Waals surface area contributed by atoms with Gasteiger partial charge in [-0.2, -0.15) is 0 Å². The fraction of sp³-hybridized carbons (Fsp3) is 0.556. The Morgan fingerprint density at radius 3 is 2.83 bits per heavy atom. The number of halogens is 1. The van der Waals surface area contributed by atoms with Gasteiger partial charge in [-0.25, -0.2) is 4.39 Å². The van der Waals surface area contributed by atoms with Crippen molar-refractivity contribution >= 4 is 17.5 Å². The van der Waals surface area contributed by atoms with Gasteiger partial charge in [-0.15, -0.1) is 0 Å². The third-order valence-corrected chi connectivity index (χ3v) is 4.34. The molecule has 2 rings (SSSR count). The lowest BCUT2D eigenvalue weighted by Crippen LogP contribution is -2.38. The summed E-state index contributed by atoms with van der Waals surface area (Å²) in [4.78, 5) is 25.6. The van der Waals surface area contributed by atoms with E-state index in [1.165, 1.54) is 12.1 Å². The molecule has 5 nitrogen and oxygen atoms in total. The number of aryl methyl sites for hydroxylation is 1.